The average Bonchev–Trinajstić information content (AvgIpc) is 3.15. The number of furan rings is 1. The number of aryl methyl sites for hydroxylation is 2. The second-order valence-corrected chi connectivity index (χ2v) is 7.02. The van der Waals surface area contributed by atoms with Gasteiger partial charge in [0.15, 0.2) is 16.0 Å². The Morgan fingerprint density at radius 1 is 1.30 bits per heavy atom. The number of nitrogens with zero attached hydrogens (tertiary/aromatic N) is 1. The largest absolute Gasteiger partial charge is 0.462 e. The number of carbonyl (C=O) groups is 2. The number of nitrogens with one attached hydrogen (secondary N) is 2. The third-order valence-corrected chi connectivity index (χ3v) is 5.01. The maximum atomic E-state index is 12.5. The van der Waals surface area contributed by atoms with Crippen molar-refractivity contribution in [2.45, 2.75) is 20.8 Å². The van der Waals surface area contributed by atoms with Gasteiger partial charge in [0.05, 0.1) is 12.3 Å². The lowest BCUT2D eigenvalue weighted by molar-refractivity contribution is 0.0531. The van der Waals surface area contributed by atoms with Gasteiger partial charge in [-0.05, 0) is 39.1 Å². The molecule has 0 saturated heterocycles. The summed E-state index contributed by atoms with van der Waals surface area (Å²) in [6.45, 7) is 5.53. The molecule has 27 heavy (non-hydrogen) atoms. The van der Waals surface area contributed by atoms with Crippen LogP contribution in [0.3, 0.4) is 0 Å². The minimum atomic E-state index is -0.458. The monoisotopic (exact) mass is 403 g/mol. The van der Waals surface area contributed by atoms with Crippen LogP contribution in [0.2, 0.25) is 0 Å². The number of hydrogen-bond donors (Lipinski definition) is 2. The molecule has 0 bridgehead atoms. The molecule has 3 rings (SSSR count). The summed E-state index contributed by atoms with van der Waals surface area (Å²) in [5.74, 6) is -0.698. The second-order valence-electron chi connectivity index (χ2n) is 5.61. The number of aromatic nitrogens is 1. The van der Waals surface area contributed by atoms with Gasteiger partial charge in [0.2, 0.25) is 0 Å². The Morgan fingerprint density at radius 2 is 2.04 bits per heavy atom. The molecule has 0 fully saturated rings. The fourth-order valence-electron chi connectivity index (χ4n) is 2.52. The predicted molar refractivity (Wildman–Crippen MR) is 107 cm³/mol. The topological polar surface area (TPSA) is 93.5 Å². The molecule has 1 amide bonds. The molecule has 2 heterocycles. The van der Waals surface area contributed by atoms with Gasteiger partial charge in [0.1, 0.15) is 10.5 Å². The first-order valence-electron chi connectivity index (χ1n) is 8.15. The van der Waals surface area contributed by atoms with Gasteiger partial charge in [0, 0.05) is 10.9 Å². The van der Waals surface area contributed by atoms with Crippen molar-refractivity contribution in [2.75, 3.05) is 11.9 Å². The number of esters is 1. The maximum Gasteiger partial charge on any atom is 0.350 e. The van der Waals surface area contributed by atoms with Crippen LogP contribution in [-0.2, 0) is 4.74 Å². The quantitative estimate of drug-likeness (QED) is 0.505. The Hall–Kier alpha value is -2.78. The molecular formula is C18H17N3O4S2. The fourth-order valence-corrected chi connectivity index (χ4v) is 3.63. The number of amides is 1. The van der Waals surface area contributed by atoms with Crippen LogP contribution in [-0.4, -0.2) is 28.6 Å². The SMILES string of the molecule is CCOC(=O)c1sc(NC(=S)NC(=O)c2oc3ccccc3c2C)nc1C. The Kier molecular flexibility index (Phi) is 5.52. The van der Waals surface area contributed by atoms with E-state index in [1.165, 1.54) is 0 Å². The molecule has 0 aliphatic rings. The molecule has 0 unspecified atom stereocenters. The lowest BCUT2D eigenvalue weighted by Gasteiger charge is -2.06. The van der Waals surface area contributed by atoms with E-state index in [0.717, 1.165) is 22.3 Å². The van der Waals surface area contributed by atoms with Crippen molar-refractivity contribution in [3.8, 4) is 0 Å². The van der Waals surface area contributed by atoms with Crippen LogP contribution >= 0.6 is 23.6 Å². The van der Waals surface area contributed by atoms with Crippen LogP contribution in [0.15, 0.2) is 28.7 Å². The van der Waals surface area contributed by atoms with Gasteiger partial charge < -0.3 is 14.5 Å². The summed E-state index contributed by atoms with van der Waals surface area (Å²) in [6.07, 6.45) is 0. The molecule has 0 aliphatic carbocycles. The molecule has 0 saturated carbocycles. The van der Waals surface area contributed by atoms with Crippen molar-refractivity contribution in [3.05, 3.63) is 46.2 Å². The van der Waals surface area contributed by atoms with Crippen molar-refractivity contribution in [1.82, 2.24) is 10.3 Å². The second kappa shape index (κ2) is 7.85. The number of fused-ring (bicyclic) bond motifs is 1. The summed E-state index contributed by atoms with van der Waals surface area (Å²) in [5.41, 5.74) is 1.90. The first kappa shape index (κ1) is 19.0. The lowest BCUT2D eigenvalue weighted by atomic mass is 10.1. The summed E-state index contributed by atoms with van der Waals surface area (Å²) in [6, 6.07) is 7.40. The smallest absolute Gasteiger partial charge is 0.350 e. The van der Waals surface area contributed by atoms with Crippen LogP contribution in [0.5, 0.6) is 0 Å². The number of benzene rings is 1. The predicted octanol–water partition coefficient (Wildman–Crippen LogP) is 3.81. The molecule has 1 aromatic carbocycles. The minimum Gasteiger partial charge on any atom is -0.462 e. The van der Waals surface area contributed by atoms with Gasteiger partial charge in [-0.2, -0.15) is 0 Å². The van der Waals surface area contributed by atoms with Gasteiger partial charge in [-0.3, -0.25) is 10.1 Å². The van der Waals surface area contributed by atoms with E-state index in [2.05, 4.69) is 15.6 Å². The van der Waals surface area contributed by atoms with Crippen molar-refractivity contribution >= 4 is 56.6 Å². The van der Waals surface area contributed by atoms with Crippen LogP contribution in [0.1, 0.15) is 38.4 Å². The summed E-state index contributed by atoms with van der Waals surface area (Å²) >= 11 is 6.28. The zero-order valence-corrected chi connectivity index (χ0v) is 16.5. The highest BCUT2D eigenvalue weighted by molar-refractivity contribution is 7.80. The molecule has 2 N–H and O–H groups in total. The summed E-state index contributed by atoms with van der Waals surface area (Å²) in [7, 11) is 0. The summed E-state index contributed by atoms with van der Waals surface area (Å²) in [4.78, 5) is 29.0. The number of para-hydroxylation sites is 1. The van der Waals surface area contributed by atoms with Gasteiger partial charge >= 0.3 is 5.97 Å². The summed E-state index contributed by atoms with van der Waals surface area (Å²) in [5, 5.41) is 6.70. The number of carbonyl (C=O) groups excluding carboxylic acids is 2. The van der Waals surface area contributed by atoms with Crippen molar-refractivity contribution in [1.29, 1.82) is 0 Å². The normalized spacial score (nSPS) is 10.6. The van der Waals surface area contributed by atoms with Crippen molar-refractivity contribution in [3.63, 3.8) is 0 Å². The number of hydrogen-bond acceptors (Lipinski definition) is 7. The molecule has 9 heteroatoms. The van der Waals surface area contributed by atoms with E-state index in [1.54, 1.807) is 19.9 Å². The van der Waals surface area contributed by atoms with E-state index < -0.39 is 11.9 Å². The average molecular weight is 403 g/mol. The van der Waals surface area contributed by atoms with Crippen molar-refractivity contribution < 1.29 is 18.7 Å². The van der Waals surface area contributed by atoms with Crippen molar-refractivity contribution in [2.24, 2.45) is 0 Å². The van der Waals surface area contributed by atoms with E-state index >= 15 is 0 Å². The number of thiocarbonyl (C=S) groups is 1. The molecule has 140 valence electrons. The van der Waals surface area contributed by atoms with Crippen LogP contribution in [0.25, 0.3) is 11.0 Å². The molecule has 7 nitrogen and oxygen atoms in total. The Labute approximate surface area is 164 Å². The number of rotatable bonds is 4. The number of ether oxygens (including phenoxy) is 1. The van der Waals surface area contributed by atoms with Crippen LogP contribution in [0, 0.1) is 13.8 Å². The van der Waals surface area contributed by atoms with E-state index in [9.17, 15) is 9.59 Å². The standard InChI is InChI=1S/C18H17N3O4S2/c1-4-24-16(23)14-10(3)19-18(27-14)21-17(26)20-15(22)13-9(2)11-7-5-6-8-12(11)25-13/h5-8H,4H2,1-3H3,(H2,19,20,21,22,26). The van der Waals surface area contributed by atoms with Gasteiger partial charge in [-0.15, -0.1) is 0 Å². The molecule has 2 aromatic heterocycles. The molecule has 3 aromatic rings. The van der Waals surface area contributed by atoms with Crippen LogP contribution in [0.4, 0.5) is 5.13 Å². The lowest BCUT2D eigenvalue weighted by Crippen LogP contribution is -2.34. The Bertz CT molecular complexity index is 1040. The molecular weight excluding hydrogens is 386 g/mol. The summed E-state index contributed by atoms with van der Waals surface area (Å²) < 4.78 is 10.6. The zero-order chi connectivity index (χ0) is 19.6. The van der Waals surface area contributed by atoms with E-state index in [1.807, 2.05) is 25.1 Å². The van der Waals surface area contributed by atoms with E-state index in [-0.39, 0.29) is 17.5 Å². The Balaban J connectivity index is 1.70. The van der Waals surface area contributed by atoms with Gasteiger partial charge in [-0.1, -0.05) is 29.5 Å². The maximum absolute atomic E-state index is 12.5. The zero-order valence-electron chi connectivity index (χ0n) is 14.9. The van der Waals surface area contributed by atoms with E-state index in [4.69, 9.17) is 21.4 Å². The molecule has 0 atom stereocenters. The fraction of sp³-hybridized carbons (Fsp3) is 0.222. The molecule has 0 aliphatic heterocycles. The first-order chi connectivity index (χ1) is 12.9. The van der Waals surface area contributed by atoms with Crippen LogP contribution < -0.4 is 10.6 Å². The first-order valence-corrected chi connectivity index (χ1v) is 9.38. The highest BCUT2D eigenvalue weighted by atomic mass is 32.1. The number of anilines is 1. The van der Waals surface area contributed by atoms with Gasteiger partial charge in [0.25, 0.3) is 5.91 Å². The minimum absolute atomic E-state index is 0.0593. The highest BCUT2D eigenvalue weighted by Crippen LogP contribution is 2.25. The van der Waals surface area contributed by atoms with E-state index in [0.29, 0.717) is 21.3 Å². The Morgan fingerprint density at radius 3 is 2.74 bits per heavy atom. The highest BCUT2D eigenvalue weighted by Gasteiger charge is 2.20. The molecule has 0 spiro atoms. The third kappa shape index (κ3) is 3.99. The van der Waals surface area contributed by atoms with Gasteiger partial charge in [-0.25, -0.2) is 9.78 Å². The number of thiazole rings is 1. The third-order valence-electron chi connectivity index (χ3n) is 3.75. The molecule has 0 radical (unpaired) electrons.